The van der Waals surface area contributed by atoms with Crippen LogP contribution in [-0.2, 0) is 9.59 Å². The molecule has 0 radical (unpaired) electrons. The van der Waals surface area contributed by atoms with E-state index >= 15 is 0 Å². The van der Waals surface area contributed by atoms with E-state index in [1.807, 2.05) is 10.9 Å². The molecule has 0 fully saturated rings. The van der Waals surface area contributed by atoms with E-state index in [0.29, 0.717) is 0 Å². The Kier molecular flexibility index (Phi) is 6.87. The highest BCUT2D eigenvalue weighted by Gasteiger charge is 2.16. The van der Waals surface area contributed by atoms with Crippen LogP contribution < -0.4 is 21.7 Å². The number of amides is 4. The smallest absolute Gasteiger partial charge is 0.267 e. The van der Waals surface area contributed by atoms with Crippen LogP contribution in [0.5, 0.6) is 0 Å². The Morgan fingerprint density at radius 2 is 0.846 bits per heavy atom. The highest BCUT2D eigenvalue weighted by Crippen LogP contribution is 2.10. The fourth-order valence-electron chi connectivity index (χ4n) is 1.69. The van der Waals surface area contributed by atoms with Gasteiger partial charge in [-0.25, -0.2) is 0 Å². The molecule has 0 aliphatic carbocycles. The Balaban J connectivity index is 1.79. The molecule has 0 unspecified atom stereocenters. The van der Waals surface area contributed by atoms with Crippen LogP contribution in [0.15, 0.2) is 57.5 Å². The van der Waals surface area contributed by atoms with E-state index in [1.54, 1.807) is 24.3 Å². The molecule has 0 heterocycles. The van der Waals surface area contributed by atoms with Gasteiger partial charge in [0.2, 0.25) is 0 Å². The first-order valence-corrected chi connectivity index (χ1v) is 8.67. The highest BCUT2D eigenvalue weighted by molar-refractivity contribution is 9.10. The summed E-state index contributed by atoms with van der Waals surface area (Å²) in [5.74, 6) is -3.49. The van der Waals surface area contributed by atoms with Gasteiger partial charge in [-0.1, -0.05) is 31.9 Å². The monoisotopic (exact) mass is 482 g/mol. The van der Waals surface area contributed by atoms with Gasteiger partial charge in [0.15, 0.2) is 0 Å². The van der Waals surface area contributed by atoms with Crippen molar-refractivity contribution in [1.29, 1.82) is 0 Å². The molecule has 2 aromatic carbocycles. The van der Waals surface area contributed by atoms with E-state index in [4.69, 9.17) is 0 Å². The number of carbonyl (C=O) groups is 4. The van der Waals surface area contributed by atoms with Crippen LogP contribution in [0.4, 0.5) is 0 Å². The van der Waals surface area contributed by atoms with Crippen molar-refractivity contribution in [3.8, 4) is 0 Å². The Hall–Kier alpha value is -2.72. The minimum absolute atomic E-state index is 0.289. The molecular formula is C16H12Br2N4O4. The molecule has 0 saturated heterocycles. The number of hydrazine groups is 2. The lowest BCUT2D eigenvalue weighted by Gasteiger charge is -2.09. The second kappa shape index (κ2) is 9.11. The lowest BCUT2D eigenvalue weighted by atomic mass is 10.2. The molecule has 134 valence electrons. The second-order valence-corrected chi connectivity index (χ2v) is 6.66. The highest BCUT2D eigenvalue weighted by atomic mass is 79.9. The number of hydrogen-bond donors (Lipinski definition) is 4. The SMILES string of the molecule is O=C(NNC(=O)c1ccc(Br)cc1)C(=O)NNC(=O)c1ccc(Br)cc1. The number of nitrogens with one attached hydrogen (secondary N) is 4. The van der Waals surface area contributed by atoms with Gasteiger partial charge < -0.3 is 0 Å². The predicted molar refractivity (Wildman–Crippen MR) is 99.5 cm³/mol. The Bertz CT molecular complexity index is 767. The summed E-state index contributed by atoms with van der Waals surface area (Å²) in [5, 5.41) is 0. The number of hydrogen-bond acceptors (Lipinski definition) is 4. The average Bonchev–Trinajstić information content (AvgIpc) is 2.64. The zero-order chi connectivity index (χ0) is 19.1. The summed E-state index contributed by atoms with van der Waals surface area (Å²) in [6.45, 7) is 0. The lowest BCUT2D eigenvalue weighted by molar-refractivity contribution is -0.140. The Morgan fingerprint density at radius 1 is 0.538 bits per heavy atom. The molecule has 8 nitrogen and oxygen atoms in total. The quantitative estimate of drug-likeness (QED) is 0.382. The summed E-state index contributed by atoms with van der Waals surface area (Å²) >= 11 is 6.47. The summed E-state index contributed by atoms with van der Waals surface area (Å²) in [5.41, 5.74) is 8.66. The van der Waals surface area contributed by atoms with Crippen molar-refractivity contribution in [2.75, 3.05) is 0 Å². The number of benzene rings is 2. The minimum atomic E-state index is -1.15. The van der Waals surface area contributed by atoms with Crippen LogP contribution in [0.2, 0.25) is 0 Å². The van der Waals surface area contributed by atoms with E-state index in [2.05, 4.69) is 42.7 Å². The van der Waals surface area contributed by atoms with Crippen molar-refractivity contribution in [1.82, 2.24) is 21.7 Å². The minimum Gasteiger partial charge on any atom is -0.267 e. The van der Waals surface area contributed by atoms with Crippen LogP contribution in [0.1, 0.15) is 20.7 Å². The molecule has 0 bridgehead atoms. The van der Waals surface area contributed by atoms with Crippen molar-refractivity contribution in [3.05, 3.63) is 68.6 Å². The molecule has 4 amide bonds. The zero-order valence-corrected chi connectivity index (χ0v) is 16.2. The maximum absolute atomic E-state index is 11.8. The van der Waals surface area contributed by atoms with Gasteiger partial charge in [-0.15, -0.1) is 0 Å². The zero-order valence-electron chi connectivity index (χ0n) is 13.0. The van der Waals surface area contributed by atoms with Crippen LogP contribution in [-0.4, -0.2) is 23.6 Å². The second-order valence-electron chi connectivity index (χ2n) is 4.83. The first-order valence-electron chi connectivity index (χ1n) is 7.09. The van der Waals surface area contributed by atoms with Crippen LogP contribution >= 0.6 is 31.9 Å². The number of halogens is 2. The molecule has 0 saturated carbocycles. The molecule has 0 aliphatic rings. The topological polar surface area (TPSA) is 116 Å². The van der Waals surface area contributed by atoms with E-state index in [1.165, 1.54) is 24.3 Å². The fourth-order valence-corrected chi connectivity index (χ4v) is 2.22. The molecule has 0 aromatic heterocycles. The van der Waals surface area contributed by atoms with Crippen molar-refractivity contribution in [2.24, 2.45) is 0 Å². The standard InChI is InChI=1S/C16H12Br2N4O4/c17-11-5-1-9(2-6-11)13(23)19-21-15(25)16(26)22-20-14(24)10-3-7-12(18)8-4-10/h1-8H,(H,19,23)(H,20,24)(H,21,25)(H,22,26). The van der Waals surface area contributed by atoms with Crippen LogP contribution in [0.25, 0.3) is 0 Å². The van der Waals surface area contributed by atoms with E-state index < -0.39 is 23.6 Å². The van der Waals surface area contributed by atoms with Gasteiger partial charge in [0.25, 0.3) is 11.8 Å². The maximum atomic E-state index is 11.8. The van der Waals surface area contributed by atoms with Gasteiger partial charge in [0.05, 0.1) is 0 Å². The van der Waals surface area contributed by atoms with Gasteiger partial charge in [-0.2, -0.15) is 0 Å². The van der Waals surface area contributed by atoms with E-state index in [0.717, 1.165) is 8.95 Å². The third-order valence-electron chi connectivity index (χ3n) is 3.00. The van der Waals surface area contributed by atoms with Crippen molar-refractivity contribution in [2.45, 2.75) is 0 Å². The van der Waals surface area contributed by atoms with Gasteiger partial charge in [0.1, 0.15) is 0 Å². The molecule has 0 aliphatic heterocycles. The summed E-state index contributed by atoms with van der Waals surface area (Å²) < 4.78 is 1.58. The van der Waals surface area contributed by atoms with E-state index in [9.17, 15) is 19.2 Å². The normalized spacial score (nSPS) is 9.77. The number of rotatable bonds is 2. The molecule has 4 N–H and O–H groups in total. The van der Waals surface area contributed by atoms with Crippen LogP contribution in [0, 0.1) is 0 Å². The summed E-state index contributed by atoms with van der Waals surface area (Å²) in [6.07, 6.45) is 0. The third-order valence-corrected chi connectivity index (χ3v) is 4.06. The van der Waals surface area contributed by atoms with Crippen LogP contribution in [0.3, 0.4) is 0 Å². The molecule has 10 heteroatoms. The molecule has 2 aromatic rings. The molecule has 26 heavy (non-hydrogen) atoms. The van der Waals surface area contributed by atoms with Gasteiger partial charge in [0, 0.05) is 20.1 Å². The predicted octanol–water partition coefficient (Wildman–Crippen LogP) is 1.43. The first-order chi connectivity index (χ1) is 12.4. The van der Waals surface area contributed by atoms with Gasteiger partial charge in [-0.3, -0.25) is 40.9 Å². The first kappa shape index (κ1) is 19.6. The van der Waals surface area contributed by atoms with Crippen molar-refractivity contribution >= 4 is 55.5 Å². The Labute approximate surface area is 164 Å². The summed E-state index contributed by atoms with van der Waals surface area (Å²) in [4.78, 5) is 46.9. The fraction of sp³-hybridized carbons (Fsp3) is 0. The molecule has 0 spiro atoms. The van der Waals surface area contributed by atoms with Crippen molar-refractivity contribution in [3.63, 3.8) is 0 Å². The maximum Gasteiger partial charge on any atom is 0.329 e. The third kappa shape index (κ3) is 5.67. The van der Waals surface area contributed by atoms with Crippen molar-refractivity contribution < 1.29 is 19.2 Å². The molecule has 2 rings (SSSR count). The average molecular weight is 484 g/mol. The summed E-state index contributed by atoms with van der Waals surface area (Å²) in [6, 6.07) is 12.7. The number of carbonyl (C=O) groups excluding carboxylic acids is 4. The van der Waals surface area contributed by atoms with Gasteiger partial charge in [-0.05, 0) is 48.5 Å². The lowest BCUT2D eigenvalue weighted by Crippen LogP contribution is -2.52. The molecular weight excluding hydrogens is 472 g/mol. The van der Waals surface area contributed by atoms with Gasteiger partial charge >= 0.3 is 11.8 Å². The summed E-state index contributed by atoms with van der Waals surface area (Å²) in [7, 11) is 0. The van der Waals surface area contributed by atoms with E-state index in [-0.39, 0.29) is 11.1 Å². The largest absolute Gasteiger partial charge is 0.329 e. The molecule has 0 atom stereocenters. The Morgan fingerprint density at radius 3 is 1.15 bits per heavy atom.